The Hall–Kier alpha value is -3.71. The summed E-state index contributed by atoms with van der Waals surface area (Å²) in [6.45, 7) is 1.28. The molecule has 33 heavy (non-hydrogen) atoms. The van der Waals surface area contributed by atoms with E-state index >= 15 is 0 Å². The van der Waals surface area contributed by atoms with Gasteiger partial charge in [0.2, 0.25) is 0 Å². The molecule has 1 aliphatic heterocycles. The number of rotatable bonds is 6. The van der Waals surface area contributed by atoms with Crippen molar-refractivity contribution in [1.82, 2.24) is 10.6 Å². The highest BCUT2D eigenvalue weighted by atomic mass is 35.5. The molecule has 0 radical (unpaired) electrons. The van der Waals surface area contributed by atoms with Gasteiger partial charge < -0.3 is 25.4 Å². The van der Waals surface area contributed by atoms with Gasteiger partial charge in [0.15, 0.2) is 11.5 Å². The Morgan fingerprint density at radius 2 is 1.64 bits per heavy atom. The summed E-state index contributed by atoms with van der Waals surface area (Å²) in [5, 5.41) is 8.81. The number of para-hydroxylation sites is 1. The molecule has 0 fully saturated rings. The Balaban J connectivity index is 1.43. The molecule has 3 N–H and O–H groups in total. The number of nitrogens with one attached hydrogen (secondary N) is 3. The summed E-state index contributed by atoms with van der Waals surface area (Å²) in [6.07, 6.45) is 0.771. The van der Waals surface area contributed by atoms with Crippen LogP contribution in [0.2, 0.25) is 5.02 Å². The Morgan fingerprint density at radius 3 is 2.39 bits per heavy atom. The first-order valence-electron chi connectivity index (χ1n) is 10.6. The summed E-state index contributed by atoms with van der Waals surface area (Å²) in [4.78, 5) is 25.7. The highest BCUT2D eigenvalue weighted by Gasteiger charge is 2.23. The third-order valence-corrected chi connectivity index (χ3v) is 5.31. The Bertz CT molecular complexity index is 1110. The second-order valence-electron chi connectivity index (χ2n) is 7.48. The molecule has 0 saturated heterocycles. The normalized spacial score (nSPS) is 13.4. The first-order chi connectivity index (χ1) is 16.1. The summed E-state index contributed by atoms with van der Waals surface area (Å²) in [5.41, 5.74) is 2.07. The van der Waals surface area contributed by atoms with Crippen LogP contribution in [-0.2, 0) is 11.3 Å². The van der Waals surface area contributed by atoms with E-state index < -0.39 is 12.1 Å². The van der Waals surface area contributed by atoms with Crippen molar-refractivity contribution >= 4 is 29.2 Å². The quantitative estimate of drug-likeness (QED) is 0.493. The molecule has 0 bridgehead atoms. The van der Waals surface area contributed by atoms with Gasteiger partial charge >= 0.3 is 6.03 Å². The van der Waals surface area contributed by atoms with Crippen molar-refractivity contribution in [1.29, 1.82) is 0 Å². The van der Waals surface area contributed by atoms with Gasteiger partial charge in [-0.05, 0) is 35.4 Å². The molecular formula is C25H24ClN3O4. The van der Waals surface area contributed by atoms with Crippen LogP contribution in [0, 0.1) is 0 Å². The Morgan fingerprint density at radius 1 is 0.939 bits per heavy atom. The number of anilines is 1. The van der Waals surface area contributed by atoms with Crippen LogP contribution in [0.1, 0.15) is 23.6 Å². The van der Waals surface area contributed by atoms with Crippen molar-refractivity contribution in [2.75, 3.05) is 18.5 Å². The maximum absolute atomic E-state index is 13.0. The summed E-state index contributed by atoms with van der Waals surface area (Å²) in [6, 6.07) is 20.3. The summed E-state index contributed by atoms with van der Waals surface area (Å²) < 4.78 is 11.3. The predicted molar refractivity (Wildman–Crippen MR) is 127 cm³/mol. The number of hydrogen-bond acceptors (Lipinski definition) is 4. The Labute approximate surface area is 197 Å². The zero-order valence-electron chi connectivity index (χ0n) is 17.8. The average Bonchev–Trinajstić information content (AvgIpc) is 3.08. The number of fused-ring (bicyclic) bond motifs is 1. The highest BCUT2D eigenvalue weighted by molar-refractivity contribution is 6.32. The van der Waals surface area contributed by atoms with E-state index in [9.17, 15) is 9.59 Å². The molecule has 1 heterocycles. The van der Waals surface area contributed by atoms with Crippen LogP contribution in [-0.4, -0.2) is 25.2 Å². The van der Waals surface area contributed by atoms with Crippen molar-refractivity contribution in [3.05, 3.63) is 88.9 Å². The van der Waals surface area contributed by atoms with E-state index in [1.54, 1.807) is 36.4 Å². The molecule has 0 spiro atoms. The fourth-order valence-electron chi connectivity index (χ4n) is 3.43. The van der Waals surface area contributed by atoms with Crippen LogP contribution < -0.4 is 25.4 Å². The summed E-state index contributed by atoms with van der Waals surface area (Å²) >= 11 is 6.33. The van der Waals surface area contributed by atoms with E-state index in [2.05, 4.69) is 16.0 Å². The van der Waals surface area contributed by atoms with E-state index in [1.165, 1.54) is 0 Å². The minimum Gasteiger partial charge on any atom is -0.489 e. The maximum Gasteiger partial charge on any atom is 0.315 e. The van der Waals surface area contributed by atoms with Crippen LogP contribution in [0.3, 0.4) is 0 Å². The minimum absolute atomic E-state index is 0.198. The van der Waals surface area contributed by atoms with E-state index in [0.717, 1.165) is 12.0 Å². The smallest absolute Gasteiger partial charge is 0.315 e. The van der Waals surface area contributed by atoms with E-state index in [4.69, 9.17) is 21.1 Å². The number of carbonyl (C=O) groups excluding carboxylic acids is 2. The van der Waals surface area contributed by atoms with Crippen LogP contribution in [0.15, 0.2) is 72.8 Å². The molecule has 3 aromatic carbocycles. The molecule has 1 unspecified atom stereocenters. The number of benzene rings is 3. The molecule has 3 amide bonds. The third kappa shape index (κ3) is 5.96. The fourth-order valence-corrected chi connectivity index (χ4v) is 3.72. The van der Waals surface area contributed by atoms with E-state index in [1.807, 2.05) is 36.4 Å². The number of amides is 3. The van der Waals surface area contributed by atoms with Gasteiger partial charge in [-0.25, -0.2) is 4.79 Å². The van der Waals surface area contributed by atoms with Gasteiger partial charge in [0.05, 0.1) is 18.2 Å². The number of carbonyl (C=O) groups is 2. The predicted octanol–water partition coefficient (Wildman–Crippen LogP) is 4.68. The highest BCUT2D eigenvalue weighted by Crippen LogP contribution is 2.37. The first kappa shape index (κ1) is 22.5. The molecule has 0 aliphatic carbocycles. The summed E-state index contributed by atoms with van der Waals surface area (Å²) in [7, 11) is 0. The zero-order valence-corrected chi connectivity index (χ0v) is 18.6. The molecule has 7 nitrogen and oxygen atoms in total. The van der Waals surface area contributed by atoms with Gasteiger partial charge in [-0.3, -0.25) is 4.79 Å². The van der Waals surface area contributed by atoms with Gasteiger partial charge in [-0.15, -0.1) is 0 Å². The fraction of sp³-hybridized carbons (Fsp3) is 0.200. The minimum atomic E-state index is -0.876. The lowest BCUT2D eigenvalue weighted by atomic mass is 10.1. The van der Waals surface area contributed by atoms with E-state index in [0.29, 0.717) is 41.0 Å². The van der Waals surface area contributed by atoms with Crippen LogP contribution in [0.25, 0.3) is 0 Å². The second kappa shape index (κ2) is 10.7. The number of ether oxygens (including phenoxy) is 2. The van der Waals surface area contributed by atoms with Crippen molar-refractivity contribution in [2.45, 2.75) is 19.0 Å². The topological polar surface area (TPSA) is 88.7 Å². The summed E-state index contributed by atoms with van der Waals surface area (Å²) in [5.74, 6) is 0.729. The van der Waals surface area contributed by atoms with Gasteiger partial charge in [-0.1, -0.05) is 60.1 Å². The average molecular weight is 466 g/mol. The zero-order chi connectivity index (χ0) is 23.0. The third-order valence-electron chi connectivity index (χ3n) is 5.03. The lowest BCUT2D eigenvalue weighted by Gasteiger charge is -2.19. The molecule has 0 aromatic heterocycles. The molecule has 8 heteroatoms. The number of hydrogen-bond donors (Lipinski definition) is 3. The molecule has 4 rings (SSSR count). The SMILES string of the molecule is O=C(NCc1cc(Cl)c2c(c1)OCCCO2)NC(C(=O)Nc1ccccc1)c1ccccc1. The van der Waals surface area contributed by atoms with Crippen molar-refractivity contribution < 1.29 is 19.1 Å². The molecule has 3 aromatic rings. The van der Waals surface area contributed by atoms with Gasteiger partial charge in [-0.2, -0.15) is 0 Å². The lowest BCUT2D eigenvalue weighted by Crippen LogP contribution is -2.42. The largest absolute Gasteiger partial charge is 0.489 e. The second-order valence-corrected chi connectivity index (χ2v) is 7.89. The van der Waals surface area contributed by atoms with Crippen molar-refractivity contribution in [3.8, 4) is 11.5 Å². The monoisotopic (exact) mass is 465 g/mol. The standard InChI is InChI=1S/C25H24ClN3O4/c26-20-14-17(15-21-23(20)33-13-7-12-32-21)16-27-25(31)29-22(18-8-3-1-4-9-18)24(30)28-19-10-5-2-6-11-19/h1-6,8-11,14-15,22H,7,12-13,16H2,(H,28,30)(H2,27,29,31). The maximum atomic E-state index is 13.0. The lowest BCUT2D eigenvalue weighted by molar-refractivity contribution is -0.118. The van der Waals surface area contributed by atoms with Gasteiger partial charge in [0.1, 0.15) is 6.04 Å². The molecule has 1 atom stereocenters. The van der Waals surface area contributed by atoms with E-state index in [-0.39, 0.29) is 12.5 Å². The number of halogens is 1. The van der Waals surface area contributed by atoms with Crippen molar-refractivity contribution in [2.24, 2.45) is 0 Å². The number of urea groups is 1. The molecule has 1 aliphatic rings. The molecule has 170 valence electrons. The Kier molecular flexibility index (Phi) is 7.32. The first-order valence-corrected chi connectivity index (χ1v) is 11.0. The van der Waals surface area contributed by atoms with Gasteiger partial charge in [0.25, 0.3) is 5.91 Å². The van der Waals surface area contributed by atoms with Crippen LogP contribution >= 0.6 is 11.6 Å². The molecular weight excluding hydrogens is 442 g/mol. The van der Waals surface area contributed by atoms with Crippen LogP contribution in [0.4, 0.5) is 10.5 Å². The van der Waals surface area contributed by atoms with Gasteiger partial charge in [0, 0.05) is 18.7 Å². The molecule has 0 saturated carbocycles. The van der Waals surface area contributed by atoms with Crippen LogP contribution in [0.5, 0.6) is 11.5 Å². The van der Waals surface area contributed by atoms with Crippen molar-refractivity contribution in [3.63, 3.8) is 0 Å².